The lowest BCUT2D eigenvalue weighted by Gasteiger charge is -2.15. The van der Waals surface area contributed by atoms with E-state index in [0.717, 1.165) is 23.3 Å². The molecule has 1 aliphatic heterocycles. The van der Waals surface area contributed by atoms with Gasteiger partial charge in [-0.2, -0.15) is 0 Å². The Morgan fingerprint density at radius 1 is 1.60 bits per heavy atom. The lowest BCUT2D eigenvalue weighted by molar-refractivity contribution is 0.440. The van der Waals surface area contributed by atoms with Crippen molar-refractivity contribution in [1.82, 2.24) is 10.6 Å². The predicted molar refractivity (Wildman–Crippen MR) is 66.6 cm³/mol. The Labute approximate surface area is 100 Å². The molecule has 2 unspecified atom stereocenters. The van der Waals surface area contributed by atoms with Crippen molar-refractivity contribution in [1.29, 1.82) is 0 Å². The van der Waals surface area contributed by atoms with Crippen molar-refractivity contribution < 1.29 is 0 Å². The van der Waals surface area contributed by atoms with Crippen molar-refractivity contribution in [2.24, 2.45) is 5.92 Å². The second-order valence-corrected chi connectivity index (χ2v) is 5.93. The topological polar surface area (TPSA) is 24.1 Å². The fourth-order valence-electron chi connectivity index (χ4n) is 2.02. The summed E-state index contributed by atoms with van der Waals surface area (Å²) in [5, 5.41) is 6.96. The minimum atomic E-state index is 0.657. The summed E-state index contributed by atoms with van der Waals surface area (Å²) in [6.07, 6.45) is 1.29. The maximum atomic E-state index is 5.87. The van der Waals surface area contributed by atoms with E-state index in [1.54, 1.807) is 11.3 Å². The molecule has 2 N–H and O–H groups in total. The number of halogens is 1. The van der Waals surface area contributed by atoms with Crippen LogP contribution in [0.5, 0.6) is 0 Å². The van der Waals surface area contributed by atoms with Gasteiger partial charge in [0.15, 0.2) is 0 Å². The SMILES string of the molecule is CC1NCCC1CNCc1ccc(Cl)s1. The smallest absolute Gasteiger partial charge is 0.0931 e. The Kier molecular flexibility index (Phi) is 4.03. The first-order valence-corrected chi connectivity index (χ1v) is 6.63. The molecule has 2 heterocycles. The molecule has 1 aromatic heterocycles. The van der Waals surface area contributed by atoms with Crippen molar-refractivity contribution in [2.75, 3.05) is 13.1 Å². The first kappa shape index (κ1) is 11.4. The summed E-state index contributed by atoms with van der Waals surface area (Å²) in [7, 11) is 0. The van der Waals surface area contributed by atoms with Crippen LogP contribution in [0.15, 0.2) is 12.1 Å². The number of rotatable bonds is 4. The van der Waals surface area contributed by atoms with Gasteiger partial charge in [0.25, 0.3) is 0 Å². The molecule has 0 bridgehead atoms. The van der Waals surface area contributed by atoms with E-state index in [4.69, 9.17) is 11.6 Å². The zero-order chi connectivity index (χ0) is 10.7. The van der Waals surface area contributed by atoms with Gasteiger partial charge >= 0.3 is 0 Å². The summed E-state index contributed by atoms with van der Waals surface area (Å²) in [4.78, 5) is 1.32. The molecular weight excluding hydrogens is 228 g/mol. The van der Waals surface area contributed by atoms with Gasteiger partial charge < -0.3 is 10.6 Å². The van der Waals surface area contributed by atoms with Crippen LogP contribution in [0.2, 0.25) is 4.34 Å². The standard InChI is InChI=1S/C11H17ClN2S/c1-8-9(4-5-14-8)6-13-7-10-2-3-11(12)15-10/h2-3,8-9,13-14H,4-7H2,1H3. The van der Waals surface area contributed by atoms with Crippen molar-refractivity contribution in [3.8, 4) is 0 Å². The molecule has 0 radical (unpaired) electrons. The molecule has 1 aromatic rings. The van der Waals surface area contributed by atoms with Gasteiger partial charge in [-0.15, -0.1) is 11.3 Å². The van der Waals surface area contributed by atoms with Crippen LogP contribution in [0, 0.1) is 5.92 Å². The maximum Gasteiger partial charge on any atom is 0.0931 e. The van der Waals surface area contributed by atoms with Crippen LogP contribution in [0.25, 0.3) is 0 Å². The summed E-state index contributed by atoms with van der Waals surface area (Å²) in [6, 6.07) is 4.71. The molecule has 15 heavy (non-hydrogen) atoms. The largest absolute Gasteiger partial charge is 0.314 e. The van der Waals surface area contributed by atoms with Crippen LogP contribution >= 0.6 is 22.9 Å². The predicted octanol–water partition coefficient (Wildman–Crippen LogP) is 2.49. The zero-order valence-corrected chi connectivity index (χ0v) is 10.5. The highest BCUT2D eigenvalue weighted by Gasteiger charge is 2.21. The van der Waals surface area contributed by atoms with Crippen LogP contribution < -0.4 is 10.6 Å². The third-order valence-corrected chi connectivity index (χ3v) is 4.25. The minimum Gasteiger partial charge on any atom is -0.314 e. The van der Waals surface area contributed by atoms with Crippen molar-refractivity contribution >= 4 is 22.9 Å². The first-order valence-electron chi connectivity index (χ1n) is 5.44. The van der Waals surface area contributed by atoms with Crippen LogP contribution in [-0.2, 0) is 6.54 Å². The lowest BCUT2D eigenvalue weighted by atomic mass is 10.0. The Morgan fingerprint density at radius 3 is 3.07 bits per heavy atom. The summed E-state index contributed by atoms with van der Waals surface area (Å²) >= 11 is 7.53. The normalized spacial score (nSPS) is 26.0. The van der Waals surface area contributed by atoms with E-state index in [2.05, 4.69) is 23.6 Å². The van der Waals surface area contributed by atoms with Gasteiger partial charge in [-0.05, 0) is 44.5 Å². The van der Waals surface area contributed by atoms with E-state index >= 15 is 0 Å². The van der Waals surface area contributed by atoms with E-state index in [1.165, 1.54) is 17.8 Å². The van der Waals surface area contributed by atoms with Crippen LogP contribution in [0.1, 0.15) is 18.2 Å². The number of thiophene rings is 1. The van der Waals surface area contributed by atoms with E-state index < -0.39 is 0 Å². The van der Waals surface area contributed by atoms with E-state index in [-0.39, 0.29) is 0 Å². The number of hydrogen-bond donors (Lipinski definition) is 2. The Morgan fingerprint density at radius 2 is 2.47 bits per heavy atom. The third kappa shape index (κ3) is 3.18. The Bertz CT molecular complexity index is 313. The second-order valence-electron chi connectivity index (χ2n) is 4.13. The third-order valence-electron chi connectivity index (χ3n) is 3.02. The first-order chi connectivity index (χ1) is 7.25. The average molecular weight is 245 g/mol. The van der Waals surface area contributed by atoms with Gasteiger partial charge in [-0.25, -0.2) is 0 Å². The van der Waals surface area contributed by atoms with Gasteiger partial charge in [0, 0.05) is 17.5 Å². The molecule has 1 saturated heterocycles. The molecule has 4 heteroatoms. The molecule has 0 aromatic carbocycles. The monoisotopic (exact) mass is 244 g/mol. The van der Waals surface area contributed by atoms with Crippen LogP contribution in [0.4, 0.5) is 0 Å². The summed E-state index contributed by atoms with van der Waals surface area (Å²) in [6.45, 7) is 5.48. The van der Waals surface area contributed by atoms with Gasteiger partial charge in [0.05, 0.1) is 4.34 Å². The number of nitrogens with one attached hydrogen (secondary N) is 2. The van der Waals surface area contributed by atoms with E-state index in [9.17, 15) is 0 Å². The van der Waals surface area contributed by atoms with Crippen molar-refractivity contribution in [3.05, 3.63) is 21.3 Å². The fraction of sp³-hybridized carbons (Fsp3) is 0.636. The highest BCUT2D eigenvalue weighted by atomic mass is 35.5. The lowest BCUT2D eigenvalue weighted by Crippen LogP contribution is -2.30. The maximum absolute atomic E-state index is 5.87. The molecule has 0 saturated carbocycles. The molecule has 0 aliphatic carbocycles. The minimum absolute atomic E-state index is 0.657. The van der Waals surface area contributed by atoms with Crippen molar-refractivity contribution in [3.63, 3.8) is 0 Å². The van der Waals surface area contributed by atoms with Crippen molar-refractivity contribution in [2.45, 2.75) is 25.9 Å². The van der Waals surface area contributed by atoms with Gasteiger partial charge in [0.1, 0.15) is 0 Å². The van der Waals surface area contributed by atoms with E-state index in [0.29, 0.717) is 6.04 Å². The second kappa shape index (κ2) is 5.30. The van der Waals surface area contributed by atoms with E-state index in [1.807, 2.05) is 6.07 Å². The average Bonchev–Trinajstić information content (AvgIpc) is 2.77. The molecule has 84 valence electrons. The fourth-order valence-corrected chi connectivity index (χ4v) is 3.08. The van der Waals surface area contributed by atoms with Crippen LogP contribution in [-0.4, -0.2) is 19.1 Å². The molecule has 2 atom stereocenters. The van der Waals surface area contributed by atoms with Crippen LogP contribution in [0.3, 0.4) is 0 Å². The molecule has 1 fully saturated rings. The summed E-state index contributed by atoms with van der Waals surface area (Å²) in [5.74, 6) is 0.778. The Balaban J connectivity index is 1.70. The molecular formula is C11H17ClN2S. The van der Waals surface area contributed by atoms with Gasteiger partial charge in [-0.1, -0.05) is 11.6 Å². The molecule has 2 rings (SSSR count). The zero-order valence-electron chi connectivity index (χ0n) is 8.92. The molecule has 1 aliphatic rings. The van der Waals surface area contributed by atoms with Gasteiger partial charge in [-0.3, -0.25) is 0 Å². The summed E-state index contributed by atoms with van der Waals surface area (Å²) < 4.78 is 0.878. The quantitative estimate of drug-likeness (QED) is 0.851. The number of hydrogen-bond acceptors (Lipinski definition) is 3. The molecule has 0 spiro atoms. The molecule has 0 amide bonds. The summed E-state index contributed by atoms with van der Waals surface area (Å²) in [5.41, 5.74) is 0. The highest BCUT2D eigenvalue weighted by Crippen LogP contribution is 2.21. The van der Waals surface area contributed by atoms with Gasteiger partial charge in [0.2, 0.25) is 0 Å². The highest BCUT2D eigenvalue weighted by molar-refractivity contribution is 7.16. The molecule has 2 nitrogen and oxygen atoms in total. The Hall–Kier alpha value is -0.0900.